The molecule has 0 saturated carbocycles. The first kappa shape index (κ1) is 12.9. The van der Waals surface area contributed by atoms with E-state index in [4.69, 9.17) is 10.00 Å². The largest absolute Gasteiger partial charge is 0.495 e. The highest BCUT2D eigenvalue weighted by Crippen LogP contribution is 2.27. The molecule has 2 rings (SSSR count). The first-order chi connectivity index (χ1) is 9.06. The van der Waals surface area contributed by atoms with Crippen molar-refractivity contribution in [1.82, 2.24) is 4.90 Å². The minimum Gasteiger partial charge on any atom is -0.495 e. The van der Waals surface area contributed by atoms with Gasteiger partial charge in [-0.2, -0.15) is 5.26 Å². The van der Waals surface area contributed by atoms with Gasteiger partial charge in [0.05, 0.1) is 30.9 Å². The van der Waals surface area contributed by atoms with Gasteiger partial charge in [-0.15, -0.1) is 0 Å². The van der Waals surface area contributed by atoms with Crippen molar-refractivity contribution in [3.63, 3.8) is 0 Å². The lowest BCUT2D eigenvalue weighted by Crippen LogP contribution is -2.31. The fourth-order valence-electron chi connectivity index (χ4n) is 1.94. The predicted octanol–water partition coefficient (Wildman–Crippen LogP) is 0.736. The summed E-state index contributed by atoms with van der Waals surface area (Å²) in [6.45, 7) is 0. The summed E-state index contributed by atoms with van der Waals surface area (Å²) < 4.78 is 5.16. The molecular weight excluding hydrogens is 246 g/mol. The number of carbonyl (C=O) groups excluding carboxylic acids is 2. The van der Waals surface area contributed by atoms with Crippen LogP contribution in [0.4, 0.5) is 5.69 Å². The Labute approximate surface area is 110 Å². The summed E-state index contributed by atoms with van der Waals surface area (Å²) in [6, 6.07) is 6.28. The molecule has 19 heavy (non-hydrogen) atoms. The average Bonchev–Trinajstić information content (AvgIpc) is 2.67. The standard InChI is InChI=1S/C13H13N3O3/c1-16-12(17)6-10(13(16)18)15-9-4-3-8(7-14)5-11(9)19-2/h3-5,10,15H,6H2,1-2H3. The number of methoxy groups -OCH3 is 1. The van der Waals surface area contributed by atoms with Crippen LogP contribution in [0.2, 0.25) is 0 Å². The number of benzene rings is 1. The van der Waals surface area contributed by atoms with Crippen molar-refractivity contribution in [3.8, 4) is 11.8 Å². The summed E-state index contributed by atoms with van der Waals surface area (Å²) >= 11 is 0. The minimum absolute atomic E-state index is 0.124. The van der Waals surface area contributed by atoms with Gasteiger partial charge in [0.25, 0.3) is 5.91 Å². The van der Waals surface area contributed by atoms with E-state index < -0.39 is 6.04 Å². The van der Waals surface area contributed by atoms with Crippen LogP contribution in [0.25, 0.3) is 0 Å². The van der Waals surface area contributed by atoms with E-state index in [0.29, 0.717) is 17.0 Å². The highest BCUT2D eigenvalue weighted by Gasteiger charge is 2.36. The number of carbonyl (C=O) groups is 2. The third-order valence-corrected chi connectivity index (χ3v) is 3.04. The number of likely N-dealkylation sites (N-methyl/N-ethyl adjacent to an activating group) is 1. The summed E-state index contributed by atoms with van der Waals surface area (Å²) in [4.78, 5) is 24.3. The minimum atomic E-state index is -0.584. The second-order valence-electron chi connectivity index (χ2n) is 4.22. The highest BCUT2D eigenvalue weighted by molar-refractivity contribution is 6.06. The lowest BCUT2D eigenvalue weighted by molar-refractivity contribution is -0.136. The van der Waals surface area contributed by atoms with Crippen LogP contribution in [0.5, 0.6) is 5.75 Å². The third kappa shape index (κ3) is 2.36. The predicted molar refractivity (Wildman–Crippen MR) is 67.5 cm³/mol. The number of anilines is 1. The van der Waals surface area contributed by atoms with Crippen LogP contribution >= 0.6 is 0 Å². The zero-order chi connectivity index (χ0) is 14.0. The Balaban J connectivity index is 2.23. The van der Waals surface area contributed by atoms with E-state index in [9.17, 15) is 9.59 Å². The number of hydrogen-bond acceptors (Lipinski definition) is 5. The van der Waals surface area contributed by atoms with E-state index in [1.54, 1.807) is 18.2 Å². The molecule has 1 unspecified atom stereocenters. The van der Waals surface area contributed by atoms with Crippen molar-refractivity contribution in [1.29, 1.82) is 5.26 Å². The van der Waals surface area contributed by atoms with Crippen LogP contribution in [0, 0.1) is 11.3 Å². The zero-order valence-electron chi connectivity index (χ0n) is 10.6. The molecule has 0 bridgehead atoms. The molecule has 1 aromatic carbocycles. The molecule has 1 aromatic rings. The second kappa shape index (κ2) is 4.98. The molecular formula is C13H13N3O3. The number of nitrogens with zero attached hydrogens (tertiary/aromatic N) is 2. The average molecular weight is 259 g/mol. The van der Waals surface area contributed by atoms with Crippen LogP contribution in [0.15, 0.2) is 18.2 Å². The number of amides is 2. The Morgan fingerprint density at radius 1 is 1.47 bits per heavy atom. The van der Waals surface area contributed by atoms with Gasteiger partial charge in [-0.25, -0.2) is 0 Å². The summed E-state index contributed by atoms with van der Waals surface area (Å²) in [5.41, 5.74) is 1.05. The lowest BCUT2D eigenvalue weighted by Gasteiger charge is -2.15. The third-order valence-electron chi connectivity index (χ3n) is 3.04. The number of likely N-dealkylation sites (tertiary alicyclic amines) is 1. The van der Waals surface area contributed by atoms with E-state index in [2.05, 4.69) is 5.32 Å². The first-order valence-electron chi connectivity index (χ1n) is 5.72. The Hall–Kier alpha value is -2.55. The van der Waals surface area contributed by atoms with Gasteiger partial charge in [-0.1, -0.05) is 0 Å². The molecule has 98 valence electrons. The van der Waals surface area contributed by atoms with Gasteiger partial charge in [-0.3, -0.25) is 14.5 Å². The van der Waals surface area contributed by atoms with E-state index in [1.165, 1.54) is 14.2 Å². The fourth-order valence-corrected chi connectivity index (χ4v) is 1.94. The maximum absolute atomic E-state index is 11.8. The molecule has 0 aliphatic carbocycles. The van der Waals surface area contributed by atoms with E-state index in [0.717, 1.165) is 4.90 Å². The van der Waals surface area contributed by atoms with Crippen molar-refractivity contribution in [2.45, 2.75) is 12.5 Å². The van der Waals surface area contributed by atoms with Crippen LogP contribution in [-0.2, 0) is 9.59 Å². The number of ether oxygens (including phenoxy) is 1. The molecule has 0 spiro atoms. The van der Waals surface area contributed by atoms with Crippen molar-refractivity contribution >= 4 is 17.5 Å². The molecule has 0 radical (unpaired) electrons. The van der Waals surface area contributed by atoms with E-state index in [-0.39, 0.29) is 18.2 Å². The summed E-state index contributed by atoms with van der Waals surface area (Å²) in [5, 5.41) is 11.8. The Morgan fingerprint density at radius 2 is 2.21 bits per heavy atom. The van der Waals surface area contributed by atoms with Crippen molar-refractivity contribution in [2.75, 3.05) is 19.5 Å². The van der Waals surface area contributed by atoms with Crippen LogP contribution in [0.3, 0.4) is 0 Å². The monoisotopic (exact) mass is 259 g/mol. The lowest BCUT2D eigenvalue weighted by atomic mass is 10.1. The number of nitrogens with one attached hydrogen (secondary N) is 1. The van der Waals surface area contributed by atoms with E-state index in [1.807, 2.05) is 6.07 Å². The van der Waals surface area contributed by atoms with Crippen molar-refractivity contribution in [3.05, 3.63) is 23.8 Å². The van der Waals surface area contributed by atoms with Gasteiger partial charge in [0.1, 0.15) is 11.8 Å². The molecule has 1 fully saturated rings. The zero-order valence-corrected chi connectivity index (χ0v) is 10.6. The van der Waals surface area contributed by atoms with Gasteiger partial charge in [0.15, 0.2) is 0 Å². The van der Waals surface area contributed by atoms with Crippen LogP contribution < -0.4 is 10.1 Å². The Morgan fingerprint density at radius 3 is 2.74 bits per heavy atom. The van der Waals surface area contributed by atoms with Gasteiger partial charge in [-0.05, 0) is 12.1 Å². The van der Waals surface area contributed by atoms with Gasteiger partial charge in [0, 0.05) is 13.1 Å². The molecule has 6 heteroatoms. The van der Waals surface area contributed by atoms with Gasteiger partial charge in [0.2, 0.25) is 5.91 Å². The molecule has 1 heterocycles. The number of nitriles is 1. The highest BCUT2D eigenvalue weighted by atomic mass is 16.5. The number of hydrogen-bond donors (Lipinski definition) is 1. The second-order valence-corrected chi connectivity index (χ2v) is 4.22. The Kier molecular flexibility index (Phi) is 3.38. The topological polar surface area (TPSA) is 82.4 Å². The number of rotatable bonds is 3. The summed E-state index contributed by atoms with van der Waals surface area (Å²) in [6.07, 6.45) is 0.124. The smallest absolute Gasteiger partial charge is 0.251 e. The molecule has 2 amide bonds. The normalized spacial score (nSPS) is 18.4. The molecule has 1 aliphatic rings. The molecule has 1 saturated heterocycles. The van der Waals surface area contributed by atoms with Crippen LogP contribution in [-0.4, -0.2) is 36.9 Å². The first-order valence-corrected chi connectivity index (χ1v) is 5.72. The SMILES string of the molecule is COc1cc(C#N)ccc1NC1CC(=O)N(C)C1=O. The van der Waals surface area contributed by atoms with Crippen molar-refractivity contribution in [2.24, 2.45) is 0 Å². The van der Waals surface area contributed by atoms with Crippen molar-refractivity contribution < 1.29 is 14.3 Å². The van der Waals surface area contributed by atoms with Gasteiger partial charge >= 0.3 is 0 Å². The molecule has 0 aromatic heterocycles. The van der Waals surface area contributed by atoms with Gasteiger partial charge < -0.3 is 10.1 Å². The molecule has 1 aliphatic heterocycles. The van der Waals surface area contributed by atoms with Crippen LogP contribution in [0.1, 0.15) is 12.0 Å². The quantitative estimate of drug-likeness (QED) is 0.809. The maximum Gasteiger partial charge on any atom is 0.251 e. The summed E-state index contributed by atoms with van der Waals surface area (Å²) in [5.74, 6) is -0.0135. The molecule has 1 atom stereocenters. The fraction of sp³-hybridized carbons (Fsp3) is 0.308. The summed E-state index contributed by atoms with van der Waals surface area (Å²) in [7, 11) is 2.94. The van der Waals surface area contributed by atoms with E-state index >= 15 is 0 Å². The molecule has 1 N–H and O–H groups in total. The Bertz CT molecular complexity index is 577. The number of imide groups is 1. The maximum atomic E-state index is 11.8. The molecule has 6 nitrogen and oxygen atoms in total.